The number of halogens is 1. The van der Waals surface area contributed by atoms with Crippen molar-refractivity contribution < 1.29 is 23.9 Å². The van der Waals surface area contributed by atoms with Crippen LogP contribution in [-0.2, 0) is 16.1 Å². The standard InChI is InChI=1S/C32H28BrN3O7S/c1-5-42-31(38)27-19(3)34-32-35(28(27)22-10-6-18(2)7-11-22)30(37)26(44-32)16-21-14-24(33)29(25(15-21)41-4)43-17-20-8-12-23(13-9-20)36(39)40/h6-16,28H,5,17H2,1-4H3/b26-16+/t28-/m0/s1. The number of non-ortho nitro benzene ring substituents is 1. The lowest BCUT2D eigenvalue weighted by molar-refractivity contribution is -0.384. The number of nitrogens with zero attached hydrogens (tertiary/aromatic N) is 3. The molecule has 1 atom stereocenters. The molecule has 0 saturated carbocycles. The summed E-state index contributed by atoms with van der Waals surface area (Å²) in [6.45, 7) is 5.82. The van der Waals surface area contributed by atoms with Crippen LogP contribution >= 0.6 is 27.3 Å². The van der Waals surface area contributed by atoms with E-state index in [1.54, 1.807) is 48.8 Å². The molecule has 0 amide bonds. The van der Waals surface area contributed by atoms with Gasteiger partial charge in [0.15, 0.2) is 16.3 Å². The van der Waals surface area contributed by atoms with Crippen molar-refractivity contribution in [1.82, 2.24) is 4.57 Å². The van der Waals surface area contributed by atoms with E-state index in [9.17, 15) is 19.7 Å². The number of nitro benzene ring substituents is 1. The van der Waals surface area contributed by atoms with E-state index in [-0.39, 0.29) is 24.5 Å². The number of aryl methyl sites for hydroxylation is 1. The summed E-state index contributed by atoms with van der Waals surface area (Å²) in [5.41, 5.74) is 3.79. The number of rotatable bonds is 9. The van der Waals surface area contributed by atoms with Gasteiger partial charge in [0.1, 0.15) is 6.61 Å². The first-order valence-corrected chi connectivity index (χ1v) is 15.2. The number of benzene rings is 3. The van der Waals surface area contributed by atoms with Crippen molar-refractivity contribution in [1.29, 1.82) is 0 Å². The average Bonchev–Trinajstić information content (AvgIpc) is 3.30. The third kappa shape index (κ3) is 6.22. The predicted molar refractivity (Wildman–Crippen MR) is 170 cm³/mol. The van der Waals surface area contributed by atoms with Gasteiger partial charge >= 0.3 is 5.97 Å². The first-order chi connectivity index (χ1) is 21.1. The maximum absolute atomic E-state index is 13.9. The van der Waals surface area contributed by atoms with Crippen LogP contribution in [0.2, 0.25) is 0 Å². The molecule has 0 radical (unpaired) electrons. The Morgan fingerprint density at radius 2 is 1.84 bits per heavy atom. The summed E-state index contributed by atoms with van der Waals surface area (Å²) in [4.78, 5) is 42.6. The molecule has 10 nitrogen and oxygen atoms in total. The van der Waals surface area contributed by atoms with Gasteiger partial charge in [-0.3, -0.25) is 19.5 Å². The molecular weight excluding hydrogens is 650 g/mol. The van der Waals surface area contributed by atoms with Crippen molar-refractivity contribution in [3.05, 3.63) is 128 Å². The second-order valence-electron chi connectivity index (χ2n) is 9.96. The molecule has 1 aliphatic rings. The van der Waals surface area contributed by atoms with Crippen molar-refractivity contribution in [2.24, 2.45) is 4.99 Å². The zero-order valence-electron chi connectivity index (χ0n) is 24.3. The Bertz CT molecular complexity index is 1960. The number of methoxy groups -OCH3 is 1. The second-order valence-corrected chi connectivity index (χ2v) is 11.8. The molecule has 12 heteroatoms. The number of fused-ring (bicyclic) bond motifs is 1. The first-order valence-electron chi connectivity index (χ1n) is 13.6. The van der Waals surface area contributed by atoms with Gasteiger partial charge in [0.2, 0.25) is 0 Å². The van der Waals surface area contributed by atoms with Crippen LogP contribution in [0.4, 0.5) is 5.69 Å². The fourth-order valence-electron chi connectivity index (χ4n) is 4.84. The van der Waals surface area contributed by atoms with Crippen LogP contribution in [-0.4, -0.2) is 29.2 Å². The van der Waals surface area contributed by atoms with Crippen LogP contribution in [0.1, 0.15) is 42.1 Å². The van der Waals surface area contributed by atoms with E-state index in [2.05, 4.69) is 20.9 Å². The number of carbonyl (C=O) groups is 1. The minimum absolute atomic E-state index is 0.000363. The minimum atomic E-state index is -0.690. The molecule has 0 saturated heterocycles. The predicted octanol–water partition coefficient (Wildman–Crippen LogP) is 5.37. The molecule has 3 aromatic carbocycles. The van der Waals surface area contributed by atoms with Gasteiger partial charge in [-0.05, 0) is 83.7 Å². The molecule has 44 heavy (non-hydrogen) atoms. The summed E-state index contributed by atoms with van der Waals surface area (Å²) in [5, 5.41) is 10.9. The third-order valence-electron chi connectivity index (χ3n) is 6.99. The monoisotopic (exact) mass is 677 g/mol. The summed E-state index contributed by atoms with van der Waals surface area (Å²) < 4.78 is 19.5. The number of allylic oxidation sites excluding steroid dienone is 1. The van der Waals surface area contributed by atoms with Gasteiger partial charge in [-0.15, -0.1) is 0 Å². The topological polar surface area (TPSA) is 122 Å². The van der Waals surface area contributed by atoms with Gasteiger partial charge in [0.05, 0.1) is 45.0 Å². The van der Waals surface area contributed by atoms with Gasteiger partial charge in [-0.2, -0.15) is 0 Å². The highest BCUT2D eigenvalue weighted by Crippen LogP contribution is 2.37. The molecule has 1 aromatic heterocycles. The Morgan fingerprint density at radius 1 is 1.14 bits per heavy atom. The highest BCUT2D eigenvalue weighted by molar-refractivity contribution is 9.10. The maximum atomic E-state index is 13.9. The number of hydrogen-bond acceptors (Lipinski definition) is 9. The average molecular weight is 679 g/mol. The van der Waals surface area contributed by atoms with Crippen molar-refractivity contribution in [3.63, 3.8) is 0 Å². The van der Waals surface area contributed by atoms with Crippen LogP contribution in [0, 0.1) is 17.0 Å². The number of ether oxygens (including phenoxy) is 3. The summed E-state index contributed by atoms with van der Waals surface area (Å²) >= 11 is 4.78. The molecule has 0 aliphatic carbocycles. The Labute approximate surface area is 264 Å². The van der Waals surface area contributed by atoms with Gasteiger partial charge < -0.3 is 14.2 Å². The Hall–Kier alpha value is -4.55. The van der Waals surface area contributed by atoms with Crippen molar-refractivity contribution >= 4 is 45.0 Å². The molecular formula is C32H28BrN3O7S. The molecule has 226 valence electrons. The number of nitro groups is 1. The first kappa shape index (κ1) is 30.9. The lowest BCUT2D eigenvalue weighted by Gasteiger charge is -2.24. The Morgan fingerprint density at radius 3 is 2.48 bits per heavy atom. The largest absolute Gasteiger partial charge is 0.493 e. The smallest absolute Gasteiger partial charge is 0.338 e. The van der Waals surface area contributed by atoms with E-state index < -0.39 is 16.9 Å². The number of aromatic nitrogens is 1. The SMILES string of the molecule is CCOC(=O)C1=C(C)N=c2s/c(=C/c3cc(Br)c(OCc4ccc([N+](=O)[O-])cc4)c(OC)c3)c(=O)n2[C@H]1c1ccc(C)cc1. The van der Waals surface area contributed by atoms with E-state index >= 15 is 0 Å². The minimum Gasteiger partial charge on any atom is -0.493 e. The molecule has 5 rings (SSSR count). The number of carbonyl (C=O) groups excluding carboxylic acids is 1. The normalized spacial score (nSPS) is 14.6. The summed E-state index contributed by atoms with van der Waals surface area (Å²) in [5.74, 6) is 0.364. The highest BCUT2D eigenvalue weighted by atomic mass is 79.9. The molecule has 0 N–H and O–H groups in total. The van der Waals surface area contributed by atoms with Crippen LogP contribution < -0.4 is 24.4 Å². The van der Waals surface area contributed by atoms with Gasteiger partial charge in [-0.1, -0.05) is 41.2 Å². The fraction of sp³-hybridized carbons (Fsp3) is 0.219. The molecule has 0 spiro atoms. The van der Waals surface area contributed by atoms with E-state index in [1.807, 2.05) is 31.2 Å². The van der Waals surface area contributed by atoms with Crippen LogP contribution in [0.25, 0.3) is 6.08 Å². The summed E-state index contributed by atoms with van der Waals surface area (Å²) in [6.07, 6.45) is 1.74. The molecule has 0 unspecified atom stereocenters. The lowest BCUT2D eigenvalue weighted by Crippen LogP contribution is -2.39. The summed E-state index contributed by atoms with van der Waals surface area (Å²) in [6, 6.07) is 16.7. The van der Waals surface area contributed by atoms with Crippen molar-refractivity contribution in [3.8, 4) is 11.5 Å². The van der Waals surface area contributed by atoms with E-state index in [1.165, 1.54) is 30.6 Å². The van der Waals surface area contributed by atoms with Gasteiger partial charge in [0.25, 0.3) is 11.2 Å². The second kappa shape index (κ2) is 13.0. The van der Waals surface area contributed by atoms with Crippen LogP contribution in [0.15, 0.2) is 86.2 Å². The highest BCUT2D eigenvalue weighted by Gasteiger charge is 2.33. The molecule has 0 fully saturated rings. The Balaban J connectivity index is 1.53. The lowest BCUT2D eigenvalue weighted by atomic mass is 9.95. The van der Waals surface area contributed by atoms with E-state index in [4.69, 9.17) is 14.2 Å². The van der Waals surface area contributed by atoms with E-state index in [0.29, 0.717) is 42.1 Å². The fourth-order valence-corrected chi connectivity index (χ4v) is 6.46. The maximum Gasteiger partial charge on any atom is 0.338 e. The number of esters is 1. The number of thiazole rings is 1. The summed E-state index contributed by atoms with van der Waals surface area (Å²) in [7, 11) is 1.51. The Kier molecular flexibility index (Phi) is 9.12. The zero-order chi connectivity index (χ0) is 31.5. The zero-order valence-corrected chi connectivity index (χ0v) is 26.7. The van der Waals surface area contributed by atoms with Crippen molar-refractivity contribution in [2.45, 2.75) is 33.4 Å². The van der Waals surface area contributed by atoms with Gasteiger partial charge in [-0.25, -0.2) is 9.79 Å². The third-order valence-corrected chi connectivity index (χ3v) is 8.56. The van der Waals surface area contributed by atoms with E-state index in [0.717, 1.165) is 16.7 Å². The quantitative estimate of drug-likeness (QED) is 0.133. The van der Waals surface area contributed by atoms with Crippen LogP contribution in [0.3, 0.4) is 0 Å². The molecule has 0 bridgehead atoms. The molecule has 2 heterocycles. The molecule has 4 aromatic rings. The number of hydrogen-bond donors (Lipinski definition) is 0. The van der Waals surface area contributed by atoms with Crippen molar-refractivity contribution in [2.75, 3.05) is 13.7 Å². The van der Waals surface area contributed by atoms with Gasteiger partial charge in [0, 0.05) is 12.1 Å². The molecule has 1 aliphatic heterocycles. The van der Waals surface area contributed by atoms with Crippen LogP contribution in [0.5, 0.6) is 11.5 Å².